The lowest BCUT2D eigenvalue weighted by molar-refractivity contribution is -0.118. The highest BCUT2D eigenvalue weighted by atomic mass is 35.5. The summed E-state index contributed by atoms with van der Waals surface area (Å²) in [4.78, 5) is 30.4. The van der Waals surface area contributed by atoms with Gasteiger partial charge in [-0.15, -0.1) is 0 Å². The summed E-state index contributed by atoms with van der Waals surface area (Å²) < 4.78 is 0.351. The number of aromatic nitrogens is 2. The van der Waals surface area contributed by atoms with Crippen molar-refractivity contribution in [3.05, 3.63) is 61.1 Å². The van der Waals surface area contributed by atoms with Gasteiger partial charge in [0.1, 0.15) is 10.5 Å². The van der Waals surface area contributed by atoms with Crippen LogP contribution in [0.2, 0.25) is 5.02 Å². The first-order valence-electron chi connectivity index (χ1n) is 8.40. The van der Waals surface area contributed by atoms with Gasteiger partial charge in [-0.25, -0.2) is 4.79 Å². The summed E-state index contributed by atoms with van der Waals surface area (Å²) in [6.45, 7) is 4.15. The van der Waals surface area contributed by atoms with Crippen LogP contribution in [0.15, 0.2) is 34.6 Å². The number of benzene rings is 1. The van der Waals surface area contributed by atoms with E-state index in [1.807, 2.05) is 12.1 Å². The quantitative estimate of drug-likeness (QED) is 0.634. The second-order valence-electron chi connectivity index (χ2n) is 7.62. The Balaban J connectivity index is 1.99. The molecule has 1 atom stereocenters. The maximum absolute atomic E-state index is 13.0. The molecule has 0 saturated heterocycles. The van der Waals surface area contributed by atoms with E-state index in [1.165, 1.54) is 0 Å². The predicted molar refractivity (Wildman–Crippen MR) is 105 cm³/mol. The van der Waals surface area contributed by atoms with Crippen molar-refractivity contribution < 1.29 is 4.79 Å². The van der Waals surface area contributed by atoms with E-state index in [9.17, 15) is 9.59 Å². The molecule has 1 unspecified atom stereocenters. The van der Waals surface area contributed by atoms with Crippen LogP contribution in [0.4, 0.5) is 5.82 Å². The number of aromatic amines is 2. The summed E-state index contributed by atoms with van der Waals surface area (Å²) in [6.07, 6.45) is 1.20. The number of allylic oxidation sites excluding steroid dienone is 1. The van der Waals surface area contributed by atoms with Crippen LogP contribution in [0.25, 0.3) is 5.57 Å². The molecule has 2 aliphatic rings. The average molecular weight is 388 g/mol. The van der Waals surface area contributed by atoms with Gasteiger partial charge in [0.15, 0.2) is 5.78 Å². The zero-order valence-electron chi connectivity index (χ0n) is 14.4. The molecule has 0 saturated carbocycles. The van der Waals surface area contributed by atoms with Crippen LogP contribution in [-0.2, 0) is 4.79 Å². The van der Waals surface area contributed by atoms with Gasteiger partial charge >= 0.3 is 5.69 Å². The van der Waals surface area contributed by atoms with Gasteiger partial charge in [-0.05, 0) is 35.1 Å². The van der Waals surface area contributed by atoms with Crippen molar-refractivity contribution in [2.45, 2.75) is 32.7 Å². The SMILES string of the molecule is CC1(C)CC(=O)C2=C(C1)c1c([nH]c(=O)[nH]c1=S)NC2c1ccc(Cl)cc1. The van der Waals surface area contributed by atoms with Gasteiger partial charge in [-0.3, -0.25) is 14.8 Å². The van der Waals surface area contributed by atoms with Crippen molar-refractivity contribution in [3.63, 3.8) is 0 Å². The van der Waals surface area contributed by atoms with E-state index in [0.717, 1.165) is 28.7 Å². The number of fused-ring (bicyclic) bond motifs is 2. The zero-order valence-corrected chi connectivity index (χ0v) is 16.0. The second kappa shape index (κ2) is 5.93. The summed E-state index contributed by atoms with van der Waals surface area (Å²) in [5.74, 6) is 0.665. The van der Waals surface area contributed by atoms with Gasteiger partial charge in [0.05, 0.1) is 11.6 Å². The number of hydrogen-bond acceptors (Lipinski definition) is 4. The van der Waals surface area contributed by atoms with Gasteiger partial charge < -0.3 is 5.32 Å². The van der Waals surface area contributed by atoms with Crippen molar-refractivity contribution in [2.24, 2.45) is 5.41 Å². The molecule has 7 heteroatoms. The summed E-state index contributed by atoms with van der Waals surface area (Å²) in [7, 11) is 0. The van der Waals surface area contributed by atoms with Crippen molar-refractivity contribution in [1.82, 2.24) is 9.97 Å². The van der Waals surface area contributed by atoms with Crippen molar-refractivity contribution >= 4 is 41.0 Å². The lowest BCUT2D eigenvalue weighted by Gasteiger charge is -2.39. The van der Waals surface area contributed by atoms with Gasteiger partial charge in [-0.1, -0.05) is 49.8 Å². The molecular weight excluding hydrogens is 370 g/mol. The number of halogens is 1. The normalized spacial score (nSPS) is 21.0. The third-order valence-electron chi connectivity index (χ3n) is 4.95. The van der Waals surface area contributed by atoms with Crippen LogP contribution in [0.1, 0.15) is 43.9 Å². The van der Waals surface area contributed by atoms with Crippen LogP contribution in [0.5, 0.6) is 0 Å². The molecule has 2 heterocycles. The number of H-pyrrole nitrogens is 2. The first-order valence-corrected chi connectivity index (χ1v) is 9.19. The predicted octanol–water partition coefficient (Wildman–Crippen LogP) is 4.40. The Hall–Kier alpha value is -2.18. The standard InChI is InChI=1S/C19H18ClN3O2S/c1-19(2)7-11-13(12(24)8-19)15(9-3-5-10(20)6-4-9)21-16-14(11)17(26)23-18(25)22-16/h3-6,15H,7-8H2,1-2H3,(H3,21,22,23,25,26). The maximum atomic E-state index is 13.0. The topological polar surface area (TPSA) is 77.8 Å². The molecule has 1 aromatic heterocycles. The van der Waals surface area contributed by atoms with Crippen LogP contribution < -0.4 is 11.0 Å². The molecule has 5 nitrogen and oxygen atoms in total. The Morgan fingerprint density at radius 1 is 1.12 bits per heavy atom. The number of rotatable bonds is 1. The highest BCUT2D eigenvalue weighted by molar-refractivity contribution is 7.71. The van der Waals surface area contributed by atoms with Gasteiger partial charge in [0.2, 0.25) is 0 Å². The van der Waals surface area contributed by atoms with Crippen LogP contribution in [0, 0.1) is 10.1 Å². The summed E-state index contributed by atoms with van der Waals surface area (Å²) >= 11 is 11.4. The fourth-order valence-corrected chi connectivity index (χ4v) is 4.34. The minimum Gasteiger partial charge on any atom is -0.360 e. The third kappa shape index (κ3) is 2.83. The first-order chi connectivity index (χ1) is 12.2. The maximum Gasteiger partial charge on any atom is 0.325 e. The van der Waals surface area contributed by atoms with E-state index >= 15 is 0 Å². The third-order valence-corrected chi connectivity index (χ3v) is 5.50. The second-order valence-corrected chi connectivity index (χ2v) is 8.47. The number of carbonyl (C=O) groups is 1. The van der Waals surface area contributed by atoms with Crippen LogP contribution in [-0.4, -0.2) is 15.8 Å². The monoisotopic (exact) mass is 387 g/mol. The molecule has 1 aliphatic heterocycles. The molecular formula is C19H18ClN3O2S. The minimum absolute atomic E-state index is 0.106. The lowest BCUT2D eigenvalue weighted by atomic mass is 9.69. The number of carbonyl (C=O) groups excluding carboxylic acids is 1. The Morgan fingerprint density at radius 3 is 2.50 bits per heavy atom. The number of anilines is 1. The zero-order chi connectivity index (χ0) is 18.6. The van der Waals surface area contributed by atoms with Crippen molar-refractivity contribution in [2.75, 3.05) is 5.32 Å². The fraction of sp³-hybridized carbons (Fsp3) is 0.316. The largest absolute Gasteiger partial charge is 0.360 e. The molecule has 3 N–H and O–H groups in total. The number of nitrogens with one attached hydrogen (secondary N) is 3. The van der Waals surface area contributed by atoms with E-state index in [4.69, 9.17) is 23.8 Å². The van der Waals surface area contributed by atoms with E-state index in [1.54, 1.807) is 12.1 Å². The molecule has 134 valence electrons. The molecule has 0 fully saturated rings. The van der Waals surface area contributed by atoms with E-state index in [0.29, 0.717) is 21.9 Å². The molecule has 0 spiro atoms. The number of ketones is 1. The van der Waals surface area contributed by atoms with Crippen molar-refractivity contribution in [3.8, 4) is 0 Å². The fourth-order valence-electron chi connectivity index (χ4n) is 3.90. The Morgan fingerprint density at radius 2 is 1.81 bits per heavy atom. The highest BCUT2D eigenvalue weighted by Crippen LogP contribution is 2.49. The van der Waals surface area contributed by atoms with Gasteiger partial charge in [0, 0.05) is 17.0 Å². The molecule has 0 radical (unpaired) electrons. The van der Waals surface area contributed by atoms with E-state index in [2.05, 4.69) is 29.1 Å². The Bertz CT molecular complexity index is 1060. The number of Topliss-reactive ketones (excluding diaryl/α,β-unsaturated/α-hetero) is 1. The van der Waals surface area contributed by atoms with Crippen LogP contribution >= 0.6 is 23.8 Å². The summed E-state index contributed by atoms with van der Waals surface area (Å²) in [5, 5.41) is 3.94. The highest BCUT2D eigenvalue weighted by Gasteiger charge is 2.41. The van der Waals surface area contributed by atoms with Gasteiger partial charge in [0.25, 0.3) is 0 Å². The molecule has 4 rings (SSSR count). The van der Waals surface area contributed by atoms with Crippen molar-refractivity contribution in [1.29, 1.82) is 0 Å². The Kier molecular flexibility index (Phi) is 3.93. The van der Waals surface area contributed by atoms with Gasteiger partial charge in [-0.2, -0.15) is 0 Å². The molecule has 26 heavy (non-hydrogen) atoms. The first kappa shape index (κ1) is 17.2. The summed E-state index contributed by atoms with van der Waals surface area (Å²) in [5.41, 5.74) is 2.75. The minimum atomic E-state index is -0.374. The Labute approximate surface area is 160 Å². The number of hydrogen-bond donors (Lipinski definition) is 3. The lowest BCUT2D eigenvalue weighted by Crippen LogP contribution is -2.34. The summed E-state index contributed by atoms with van der Waals surface area (Å²) in [6, 6.07) is 7.04. The molecule has 0 amide bonds. The molecule has 0 bridgehead atoms. The molecule has 1 aliphatic carbocycles. The molecule has 1 aromatic carbocycles. The van der Waals surface area contributed by atoms with E-state index < -0.39 is 0 Å². The average Bonchev–Trinajstić information content (AvgIpc) is 2.52. The smallest absolute Gasteiger partial charge is 0.325 e. The molecule has 2 aromatic rings. The van der Waals surface area contributed by atoms with Crippen LogP contribution in [0.3, 0.4) is 0 Å². The van der Waals surface area contributed by atoms with E-state index in [-0.39, 0.29) is 22.9 Å².